The molecule has 0 radical (unpaired) electrons. The number of pyridine rings is 1. The highest BCUT2D eigenvalue weighted by Crippen LogP contribution is 2.23. The summed E-state index contributed by atoms with van der Waals surface area (Å²) in [5.74, 6) is -1.63. The second kappa shape index (κ2) is 10.7. The Morgan fingerprint density at radius 1 is 0.909 bits per heavy atom. The molecule has 2 heterocycles. The van der Waals surface area contributed by atoms with Crippen molar-refractivity contribution in [2.75, 3.05) is 42.9 Å². The van der Waals surface area contributed by atoms with Crippen molar-refractivity contribution in [1.29, 1.82) is 0 Å². The van der Waals surface area contributed by atoms with Gasteiger partial charge in [-0.1, -0.05) is 24.3 Å². The van der Waals surface area contributed by atoms with E-state index in [0.717, 1.165) is 37.4 Å². The summed E-state index contributed by atoms with van der Waals surface area (Å²) in [4.78, 5) is 33.4. The number of carbonyl (C=O) groups excluding carboxylic acids is 2. The highest BCUT2D eigenvalue weighted by molar-refractivity contribution is 6.39. The molecule has 1 aliphatic rings. The molecule has 33 heavy (non-hydrogen) atoms. The lowest BCUT2D eigenvalue weighted by atomic mass is 10.1. The van der Waals surface area contributed by atoms with Gasteiger partial charge in [0.25, 0.3) is 0 Å². The molecule has 7 nitrogen and oxygen atoms in total. The topological polar surface area (TPSA) is 77.6 Å². The minimum absolute atomic E-state index is 0.123. The summed E-state index contributed by atoms with van der Waals surface area (Å²) >= 11 is 0. The summed E-state index contributed by atoms with van der Waals surface area (Å²) in [5.41, 5.74) is 2.52. The second-order valence-corrected chi connectivity index (χ2v) is 7.83. The van der Waals surface area contributed by atoms with Crippen LogP contribution in [0.3, 0.4) is 0 Å². The van der Waals surface area contributed by atoms with Crippen molar-refractivity contribution >= 4 is 23.2 Å². The zero-order valence-corrected chi connectivity index (χ0v) is 18.2. The molecule has 2 amide bonds. The molecule has 170 valence electrons. The van der Waals surface area contributed by atoms with Crippen molar-refractivity contribution in [3.05, 3.63) is 90.5 Å². The quantitative estimate of drug-likeness (QED) is 0.569. The number of anilines is 2. The smallest absolute Gasteiger partial charge is 0.313 e. The summed E-state index contributed by atoms with van der Waals surface area (Å²) < 4.78 is 13.2. The molecule has 0 spiro atoms. The third-order valence-corrected chi connectivity index (χ3v) is 5.71. The first-order valence-corrected chi connectivity index (χ1v) is 10.9. The van der Waals surface area contributed by atoms with Crippen molar-refractivity contribution < 1.29 is 14.0 Å². The van der Waals surface area contributed by atoms with Crippen molar-refractivity contribution in [2.45, 2.75) is 6.04 Å². The van der Waals surface area contributed by atoms with Gasteiger partial charge in [-0.05, 0) is 48.0 Å². The van der Waals surface area contributed by atoms with Crippen LogP contribution in [0, 0.1) is 5.82 Å². The molecule has 0 unspecified atom stereocenters. The number of nitrogens with zero attached hydrogens (tertiary/aromatic N) is 3. The van der Waals surface area contributed by atoms with E-state index in [0.29, 0.717) is 5.69 Å². The number of para-hydroxylation sites is 1. The molecule has 1 fully saturated rings. The van der Waals surface area contributed by atoms with E-state index < -0.39 is 11.8 Å². The average Bonchev–Trinajstić information content (AvgIpc) is 2.86. The van der Waals surface area contributed by atoms with Gasteiger partial charge in [-0.2, -0.15) is 0 Å². The second-order valence-electron chi connectivity index (χ2n) is 7.83. The number of aromatic nitrogens is 1. The fourth-order valence-corrected chi connectivity index (χ4v) is 3.95. The maximum Gasteiger partial charge on any atom is 0.313 e. The predicted octanol–water partition coefficient (Wildman–Crippen LogP) is 2.84. The summed E-state index contributed by atoms with van der Waals surface area (Å²) in [6, 6.07) is 19.1. The Morgan fingerprint density at radius 3 is 2.30 bits per heavy atom. The van der Waals surface area contributed by atoms with E-state index in [1.807, 2.05) is 18.2 Å². The van der Waals surface area contributed by atoms with Crippen LogP contribution in [0.2, 0.25) is 0 Å². The number of piperazine rings is 1. The van der Waals surface area contributed by atoms with E-state index >= 15 is 0 Å². The van der Waals surface area contributed by atoms with Gasteiger partial charge in [0.1, 0.15) is 5.82 Å². The Morgan fingerprint density at radius 2 is 1.64 bits per heavy atom. The normalized spacial score (nSPS) is 15.0. The van der Waals surface area contributed by atoms with Gasteiger partial charge in [0.15, 0.2) is 0 Å². The van der Waals surface area contributed by atoms with Crippen molar-refractivity contribution in [2.24, 2.45) is 0 Å². The number of hydrogen-bond acceptors (Lipinski definition) is 5. The molecular weight excluding hydrogens is 421 g/mol. The Hall–Kier alpha value is -3.78. The van der Waals surface area contributed by atoms with E-state index in [-0.39, 0.29) is 18.4 Å². The van der Waals surface area contributed by atoms with E-state index in [9.17, 15) is 14.0 Å². The molecule has 8 heteroatoms. The number of carbonyl (C=O) groups is 2. The number of halogens is 1. The van der Waals surface area contributed by atoms with Gasteiger partial charge >= 0.3 is 11.8 Å². The molecule has 2 N–H and O–H groups in total. The van der Waals surface area contributed by atoms with Crippen LogP contribution in [0.25, 0.3) is 0 Å². The monoisotopic (exact) mass is 447 g/mol. The van der Waals surface area contributed by atoms with Gasteiger partial charge in [0.2, 0.25) is 0 Å². The molecule has 3 aromatic rings. The van der Waals surface area contributed by atoms with Gasteiger partial charge in [0.05, 0.1) is 6.04 Å². The summed E-state index contributed by atoms with van der Waals surface area (Å²) in [6.45, 7) is 3.32. The van der Waals surface area contributed by atoms with Crippen LogP contribution in [0.4, 0.5) is 15.8 Å². The number of amides is 2. The van der Waals surface area contributed by atoms with Gasteiger partial charge < -0.3 is 15.5 Å². The maximum atomic E-state index is 13.2. The highest BCUT2D eigenvalue weighted by Gasteiger charge is 2.27. The first kappa shape index (κ1) is 22.4. The predicted molar refractivity (Wildman–Crippen MR) is 125 cm³/mol. The Kier molecular flexibility index (Phi) is 7.26. The highest BCUT2D eigenvalue weighted by atomic mass is 19.1. The average molecular weight is 448 g/mol. The molecule has 2 aromatic carbocycles. The minimum atomic E-state index is -0.702. The van der Waals surface area contributed by atoms with Gasteiger partial charge in [-0.15, -0.1) is 0 Å². The Labute approximate surface area is 192 Å². The van der Waals surface area contributed by atoms with Crippen molar-refractivity contribution in [1.82, 2.24) is 15.2 Å². The molecule has 1 aliphatic heterocycles. The van der Waals surface area contributed by atoms with Crippen LogP contribution in [0.5, 0.6) is 0 Å². The van der Waals surface area contributed by atoms with Crippen LogP contribution < -0.4 is 15.5 Å². The first-order valence-electron chi connectivity index (χ1n) is 10.9. The molecule has 0 bridgehead atoms. The summed E-state index contributed by atoms with van der Waals surface area (Å²) in [6.07, 6.45) is 3.49. The lowest BCUT2D eigenvalue weighted by Crippen LogP contribution is -2.50. The first-order chi connectivity index (χ1) is 16.1. The van der Waals surface area contributed by atoms with Gasteiger partial charge in [0, 0.05) is 56.5 Å². The van der Waals surface area contributed by atoms with Gasteiger partial charge in [-0.25, -0.2) is 4.39 Å². The SMILES string of the molecule is O=C(NC[C@H](c1cccnc1)N1CCN(c2ccc(F)cc2)CC1)C(=O)Nc1ccccc1. The third-order valence-electron chi connectivity index (χ3n) is 5.71. The zero-order chi connectivity index (χ0) is 23.0. The molecule has 0 aliphatic carbocycles. The Bertz CT molecular complexity index is 1060. The largest absolute Gasteiger partial charge is 0.369 e. The van der Waals surface area contributed by atoms with Crippen LogP contribution in [-0.2, 0) is 9.59 Å². The van der Waals surface area contributed by atoms with Crippen LogP contribution in [0.15, 0.2) is 79.1 Å². The summed E-state index contributed by atoms with van der Waals surface area (Å²) in [5, 5.41) is 5.37. The van der Waals surface area contributed by atoms with Crippen LogP contribution in [-0.4, -0.2) is 54.4 Å². The molecule has 4 rings (SSSR count). The maximum absolute atomic E-state index is 13.2. The van der Waals surface area contributed by atoms with E-state index in [2.05, 4.69) is 25.4 Å². The molecule has 1 aromatic heterocycles. The lowest BCUT2D eigenvalue weighted by molar-refractivity contribution is -0.136. The van der Waals surface area contributed by atoms with Crippen molar-refractivity contribution in [3.8, 4) is 0 Å². The third kappa shape index (κ3) is 5.93. The summed E-state index contributed by atoms with van der Waals surface area (Å²) in [7, 11) is 0. The molecular formula is C25H26FN5O2. The fourth-order valence-electron chi connectivity index (χ4n) is 3.95. The standard InChI is InChI=1S/C25H26FN5O2/c26-20-8-10-22(11-9-20)30-13-15-31(16-14-30)23(19-5-4-12-27-17-19)18-28-24(32)25(33)29-21-6-2-1-3-7-21/h1-12,17,23H,13-16,18H2,(H,28,32)(H,29,33)/t23-/m1/s1. The number of rotatable bonds is 6. The van der Waals surface area contributed by atoms with Crippen molar-refractivity contribution in [3.63, 3.8) is 0 Å². The number of hydrogen-bond donors (Lipinski definition) is 2. The minimum Gasteiger partial charge on any atom is -0.369 e. The van der Waals surface area contributed by atoms with Crippen LogP contribution >= 0.6 is 0 Å². The Balaban J connectivity index is 1.38. The number of nitrogens with one attached hydrogen (secondary N) is 2. The fraction of sp³-hybridized carbons (Fsp3) is 0.240. The van der Waals surface area contributed by atoms with E-state index in [1.54, 1.807) is 48.8 Å². The zero-order valence-electron chi connectivity index (χ0n) is 18.2. The molecule has 1 saturated heterocycles. The molecule has 0 saturated carbocycles. The molecule has 1 atom stereocenters. The van der Waals surface area contributed by atoms with E-state index in [4.69, 9.17) is 0 Å². The van der Waals surface area contributed by atoms with E-state index in [1.165, 1.54) is 12.1 Å². The van der Waals surface area contributed by atoms with Gasteiger partial charge in [-0.3, -0.25) is 19.5 Å². The number of benzene rings is 2. The van der Waals surface area contributed by atoms with Crippen LogP contribution in [0.1, 0.15) is 11.6 Å². The lowest BCUT2D eigenvalue weighted by Gasteiger charge is -2.40.